The third-order valence-corrected chi connectivity index (χ3v) is 5.59. The zero-order valence-electron chi connectivity index (χ0n) is 17.7. The molecule has 0 saturated heterocycles. The number of likely N-dealkylation sites (N-methyl/N-ethyl adjacent to an activating group) is 1. The molecular weight excluding hydrogens is 468 g/mol. The molecular formula is C25H21BrN4O2. The molecule has 0 atom stereocenters. The Morgan fingerprint density at radius 1 is 1.06 bits per heavy atom. The van der Waals surface area contributed by atoms with Gasteiger partial charge < -0.3 is 10.2 Å². The molecule has 2 heterocycles. The van der Waals surface area contributed by atoms with Gasteiger partial charge in [-0.3, -0.25) is 14.6 Å². The number of carbonyl (C=O) groups excluding carboxylic acids is 2. The van der Waals surface area contributed by atoms with E-state index < -0.39 is 0 Å². The molecule has 0 spiro atoms. The molecule has 2 amide bonds. The van der Waals surface area contributed by atoms with Crippen molar-refractivity contribution in [1.29, 1.82) is 0 Å². The van der Waals surface area contributed by atoms with Crippen LogP contribution >= 0.6 is 15.9 Å². The van der Waals surface area contributed by atoms with E-state index in [1.165, 1.54) is 4.90 Å². The lowest BCUT2D eigenvalue weighted by Crippen LogP contribution is -2.35. The van der Waals surface area contributed by atoms with E-state index in [1.807, 2.05) is 61.5 Å². The number of carbonyl (C=O) groups is 2. The highest BCUT2D eigenvalue weighted by Gasteiger charge is 2.19. The lowest BCUT2D eigenvalue weighted by Gasteiger charge is -2.19. The summed E-state index contributed by atoms with van der Waals surface area (Å²) in [6.45, 7) is 1.84. The van der Waals surface area contributed by atoms with Crippen LogP contribution in [0.3, 0.4) is 0 Å². The molecule has 2 aromatic heterocycles. The Hall–Kier alpha value is -3.58. The fourth-order valence-corrected chi connectivity index (χ4v) is 3.94. The molecule has 0 saturated carbocycles. The van der Waals surface area contributed by atoms with Gasteiger partial charge >= 0.3 is 0 Å². The maximum absolute atomic E-state index is 13.3. The molecule has 0 aliphatic rings. The van der Waals surface area contributed by atoms with Gasteiger partial charge in [0, 0.05) is 40.6 Å². The number of aromatic nitrogens is 2. The number of aryl methyl sites for hydroxylation is 1. The summed E-state index contributed by atoms with van der Waals surface area (Å²) in [5.41, 5.74) is 4.32. The second-order valence-electron chi connectivity index (χ2n) is 7.48. The van der Waals surface area contributed by atoms with Crippen LogP contribution < -0.4 is 5.32 Å². The van der Waals surface area contributed by atoms with Crippen LogP contribution in [0.1, 0.15) is 15.9 Å². The van der Waals surface area contributed by atoms with E-state index in [0.717, 1.165) is 21.0 Å². The monoisotopic (exact) mass is 488 g/mol. The average Bonchev–Trinajstić information content (AvgIpc) is 2.80. The standard InChI is InChI=1S/C25H21BrN4O2/c1-16-12-18(26)9-10-21(16)29-24(31)15-30(2)25(32)20-13-23(17-6-5-11-27-14-17)28-22-8-4-3-7-19(20)22/h3-14H,15H2,1-2H3,(H,29,31). The van der Waals surface area contributed by atoms with Crippen LogP contribution in [0.15, 0.2) is 77.5 Å². The second-order valence-corrected chi connectivity index (χ2v) is 8.40. The smallest absolute Gasteiger partial charge is 0.254 e. The number of pyridine rings is 2. The molecule has 1 N–H and O–H groups in total. The Balaban J connectivity index is 1.60. The number of nitrogens with one attached hydrogen (secondary N) is 1. The fraction of sp³-hybridized carbons (Fsp3) is 0.120. The van der Waals surface area contributed by atoms with E-state index in [1.54, 1.807) is 25.5 Å². The Labute approximate surface area is 194 Å². The van der Waals surface area contributed by atoms with Crippen molar-refractivity contribution in [3.63, 3.8) is 0 Å². The van der Waals surface area contributed by atoms with Gasteiger partial charge in [0.1, 0.15) is 0 Å². The van der Waals surface area contributed by atoms with Crippen LogP contribution in [-0.4, -0.2) is 40.3 Å². The van der Waals surface area contributed by atoms with Gasteiger partial charge in [-0.25, -0.2) is 4.98 Å². The quantitative estimate of drug-likeness (QED) is 0.425. The number of halogens is 1. The number of rotatable bonds is 5. The molecule has 7 heteroatoms. The summed E-state index contributed by atoms with van der Waals surface area (Å²) < 4.78 is 0.939. The minimum atomic E-state index is -0.267. The summed E-state index contributed by atoms with van der Waals surface area (Å²) in [6, 6.07) is 18.6. The molecule has 0 bridgehead atoms. The number of fused-ring (bicyclic) bond motifs is 1. The molecule has 4 aromatic rings. The lowest BCUT2D eigenvalue weighted by molar-refractivity contribution is -0.116. The van der Waals surface area contributed by atoms with Gasteiger partial charge in [-0.15, -0.1) is 0 Å². The lowest BCUT2D eigenvalue weighted by atomic mass is 10.0. The Morgan fingerprint density at radius 3 is 2.62 bits per heavy atom. The first-order chi connectivity index (χ1) is 15.4. The van der Waals surface area contributed by atoms with Crippen molar-refractivity contribution >= 4 is 44.3 Å². The van der Waals surface area contributed by atoms with Gasteiger partial charge in [-0.2, -0.15) is 0 Å². The zero-order chi connectivity index (χ0) is 22.7. The van der Waals surface area contributed by atoms with E-state index in [4.69, 9.17) is 0 Å². The van der Waals surface area contributed by atoms with Crippen molar-refractivity contribution in [2.24, 2.45) is 0 Å². The highest BCUT2D eigenvalue weighted by molar-refractivity contribution is 9.10. The predicted molar refractivity (Wildman–Crippen MR) is 129 cm³/mol. The van der Waals surface area contributed by atoms with E-state index in [9.17, 15) is 9.59 Å². The minimum absolute atomic E-state index is 0.0762. The highest BCUT2D eigenvalue weighted by atomic mass is 79.9. The topological polar surface area (TPSA) is 75.2 Å². The molecule has 0 fully saturated rings. The molecule has 160 valence electrons. The molecule has 0 aliphatic heterocycles. The molecule has 0 aliphatic carbocycles. The summed E-state index contributed by atoms with van der Waals surface area (Å²) in [6.07, 6.45) is 3.40. The molecule has 4 rings (SSSR count). The van der Waals surface area contributed by atoms with Crippen LogP contribution in [0.25, 0.3) is 22.2 Å². The Kier molecular flexibility index (Phi) is 6.28. The summed E-state index contributed by atoms with van der Waals surface area (Å²) in [5.74, 6) is -0.520. The van der Waals surface area contributed by atoms with Gasteiger partial charge in [0.05, 0.1) is 23.3 Å². The number of hydrogen-bond donors (Lipinski definition) is 1. The second kappa shape index (κ2) is 9.28. The van der Waals surface area contributed by atoms with Crippen molar-refractivity contribution < 1.29 is 9.59 Å². The molecule has 32 heavy (non-hydrogen) atoms. The molecule has 6 nitrogen and oxygen atoms in total. The SMILES string of the molecule is Cc1cc(Br)ccc1NC(=O)CN(C)C(=O)c1cc(-c2cccnc2)nc2ccccc12. The normalized spacial score (nSPS) is 10.7. The van der Waals surface area contributed by atoms with E-state index in [0.29, 0.717) is 22.5 Å². The first-order valence-electron chi connectivity index (χ1n) is 10.0. The van der Waals surface area contributed by atoms with Crippen molar-refractivity contribution in [3.05, 3.63) is 88.7 Å². The molecule has 0 radical (unpaired) electrons. The van der Waals surface area contributed by atoms with Crippen molar-refractivity contribution in [2.45, 2.75) is 6.92 Å². The summed E-state index contributed by atoms with van der Waals surface area (Å²) in [7, 11) is 1.62. The van der Waals surface area contributed by atoms with Crippen molar-refractivity contribution in [3.8, 4) is 11.3 Å². The Bertz CT molecular complexity index is 1310. The van der Waals surface area contributed by atoms with Crippen molar-refractivity contribution in [2.75, 3.05) is 18.9 Å². The minimum Gasteiger partial charge on any atom is -0.332 e. The van der Waals surface area contributed by atoms with E-state index in [-0.39, 0.29) is 18.4 Å². The fourth-order valence-electron chi connectivity index (χ4n) is 3.46. The summed E-state index contributed by atoms with van der Waals surface area (Å²) in [4.78, 5) is 36.2. The first-order valence-corrected chi connectivity index (χ1v) is 10.8. The maximum Gasteiger partial charge on any atom is 0.254 e. The van der Waals surface area contributed by atoms with Gasteiger partial charge in [-0.05, 0) is 55.0 Å². The Morgan fingerprint density at radius 2 is 1.88 bits per heavy atom. The zero-order valence-corrected chi connectivity index (χ0v) is 19.3. The van der Waals surface area contributed by atoms with Crippen LogP contribution in [0.2, 0.25) is 0 Å². The predicted octanol–water partition coefficient (Wildman–Crippen LogP) is 5.08. The first kappa shape index (κ1) is 21.6. The van der Waals surface area contributed by atoms with Crippen molar-refractivity contribution in [1.82, 2.24) is 14.9 Å². The number of benzene rings is 2. The van der Waals surface area contributed by atoms with Gasteiger partial charge in [0.15, 0.2) is 0 Å². The molecule has 2 aromatic carbocycles. The van der Waals surface area contributed by atoms with Gasteiger partial charge in [0.25, 0.3) is 5.91 Å². The van der Waals surface area contributed by atoms with E-state index in [2.05, 4.69) is 31.2 Å². The van der Waals surface area contributed by atoms with Crippen LogP contribution in [0.5, 0.6) is 0 Å². The largest absolute Gasteiger partial charge is 0.332 e. The van der Waals surface area contributed by atoms with Crippen LogP contribution in [-0.2, 0) is 4.79 Å². The maximum atomic E-state index is 13.3. The van der Waals surface area contributed by atoms with E-state index >= 15 is 0 Å². The van der Waals surface area contributed by atoms with Crippen LogP contribution in [0, 0.1) is 6.92 Å². The summed E-state index contributed by atoms with van der Waals surface area (Å²) in [5, 5.41) is 3.61. The third kappa shape index (κ3) is 4.68. The molecule has 0 unspecified atom stereocenters. The number of nitrogens with zero attached hydrogens (tertiary/aromatic N) is 3. The van der Waals surface area contributed by atoms with Gasteiger partial charge in [0.2, 0.25) is 5.91 Å². The average molecular weight is 489 g/mol. The van der Waals surface area contributed by atoms with Crippen LogP contribution in [0.4, 0.5) is 5.69 Å². The number of amides is 2. The number of para-hydroxylation sites is 1. The third-order valence-electron chi connectivity index (χ3n) is 5.09. The number of anilines is 1. The highest BCUT2D eigenvalue weighted by Crippen LogP contribution is 2.25. The number of hydrogen-bond acceptors (Lipinski definition) is 4. The summed E-state index contributed by atoms with van der Waals surface area (Å²) >= 11 is 3.42. The van der Waals surface area contributed by atoms with Gasteiger partial charge in [-0.1, -0.05) is 34.1 Å².